The fourth-order valence-corrected chi connectivity index (χ4v) is 2.03. The van der Waals surface area contributed by atoms with Gasteiger partial charge < -0.3 is 14.8 Å². The first kappa shape index (κ1) is 15.1. The number of aromatic nitrogens is 2. The van der Waals surface area contributed by atoms with Gasteiger partial charge in [0.2, 0.25) is 0 Å². The van der Waals surface area contributed by atoms with Crippen LogP contribution in [0.25, 0.3) is 0 Å². The van der Waals surface area contributed by atoms with Crippen LogP contribution in [0.4, 0.5) is 11.5 Å². The van der Waals surface area contributed by atoms with E-state index in [0.29, 0.717) is 35.1 Å². The molecule has 1 N–H and O–H groups in total. The molecule has 0 fully saturated rings. The molecular formula is C14H14ClN3O3. The fraction of sp³-hybridized carbons (Fsp3) is 0.214. The molecule has 1 aromatic heterocycles. The number of rotatable bonds is 5. The third-order valence-corrected chi connectivity index (χ3v) is 3.08. The van der Waals surface area contributed by atoms with Crippen molar-refractivity contribution in [3.8, 4) is 11.5 Å². The Kier molecular flexibility index (Phi) is 4.59. The number of hydrogen-bond donors (Lipinski definition) is 1. The first-order valence-electron chi connectivity index (χ1n) is 6.07. The first-order chi connectivity index (χ1) is 10.1. The molecule has 6 nitrogen and oxygen atoms in total. The average molecular weight is 308 g/mol. The van der Waals surface area contributed by atoms with E-state index in [0.717, 1.165) is 0 Å². The zero-order valence-electron chi connectivity index (χ0n) is 11.8. The van der Waals surface area contributed by atoms with E-state index in [1.54, 1.807) is 39.3 Å². The molecule has 2 aromatic rings. The van der Waals surface area contributed by atoms with E-state index in [2.05, 4.69) is 15.3 Å². The number of aldehydes is 1. The molecule has 0 unspecified atom stereocenters. The summed E-state index contributed by atoms with van der Waals surface area (Å²) in [5, 5.41) is 3.13. The van der Waals surface area contributed by atoms with E-state index in [1.165, 1.54) is 0 Å². The highest BCUT2D eigenvalue weighted by molar-refractivity contribution is 6.32. The van der Waals surface area contributed by atoms with Crippen molar-refractivity contribution in [2.24, 2.45) is 0 Å². The lowest BCUT2D eigenvalue weighted by Crippen LogP contribution is -2.04. The molecule has 1 aromatic carbocycles. The summed E-state index contributed by atoms with van der Waals surface area (Å²) in [7, 11) is 3.11. The molecule has 0 spiro atoms. The highest BCUT2D eigenvalue weighted by atomic mass is 35.5. The number of anilines is 2. The number of benzene rings is 1. The number of aryl methyl sites for hydroxylation is 1. The molecule has 1 heterocycles. The van der Waals surface area contributed by atoms with Crippen molar-refractivity contribution < 1.29 is 14.3 Å². The van der Waals surface area contributed by atoms with Crippen molar-refractivity contribution in [1.29, 1.82) is 0 Å². The topological polar surface area (TPSA) is 73.3 Å². The number of methoxy groups -OCH3 is 2. The van der Waals surface area contributed by atoms with Crippen LogP contribution in [0.1, 0.15) is 16.2 Å². The van der Waals surface area contributed by atoms with Crippen molar-refractivity contribution in [3.05, 3.63) is 34.7 Å². The van der Waals surface area contributed by atoms with Gasteiger partial charge in [-0.1, -0.05) is 11.6 Å². The van der Waals surface area contributed by atoms with E-state index in [4.69, 9.17) is 21.1 Å². The second-order valence-electron chi connectivity index (χ2n) is 4.13. The SMILES string of the molecule is COc1ccc(Nc2nc(C)nc(Cl)c2C=O)c(OC)c1. The van der Waals surface area contributed by atoms with E-state index in [-0.39, 0.29) is 10.7 Å². The van der Waals surface area contributed by atoms with Crippen molar-refractivity contribution in [2.75, 3.05) is 19.5 Å². The lowest BCUT2D eigenvalue weighted by atomic mass is 10.2. The summed E-state index contributed by atoms with van der Waals surface area (Å²) in [6.07, 6.45) is 0.611. The van der Waals surface area contributed by atoms with E-state index >= 15 is 0 Å². The maximum absolute atomic E-state index is 11.1. The standard InChI is InChI=1S/C14H14ClN3O3/c1-8-16-13(15)10(7-19)14(17-8)18-11-5-4-9(20-2)6-12(11)21-3/h4-7H,1-3H3,(H,16,17,18). The summed E-state index contributed by atoms with van der Waals surface area (Å²) in [6.45, 7) is 1.69. The molecule has 0 atom stereocenters. The average Bonchev–Trinajstić information content (AvgIpc) is 2.47. The van der Waals surface area contributed by atoms with Gasteiger partial charge in [0.15, 0.2) is 6.29 Å². The summed E-state index contributed by atoms with van der Waals surface area (Å²) >= 11 is 5.95. The van der Waals surface area contributed by atoms with Gasteiger partial charge in [-0.15, -0.1) is 0 Å². The maximum atomic E-state index is 11.1. The van der Waals surface area contributed by atoms with Crippen LogP contribution in [0.15, 0.2) is 18.2 Å². The molecule has 21 heavy (non-hydrogen) atoms. The number of halogens is 1. The normalized spacial score (nSPS) is 10.1. The molecule has 0 amide bonds. The Morgan fingerprint density at radius 3 is 2.62 bits per heavy atom. The number of nitrogens with one attached hydrogen (secondary N) is 1. The predicted octanol–water partition coefficient (Wildman–Crippen LogP) is 3.01. The van der Waals surface area contributed by atoms with Crippen LogP contribution in [0.3, 0.4) is 0 Å². The number of ether oxygens (including phenoxy) is 2. The van der Waals surface area contributed by atoms with Crippen LogP contribution in [-0.4, -0.2) is 30.5 Å². The minimum atomic E-state index is 0.104. The second-order valence-corrected chi connectivity index (χ2v) is 4.49. The van der Waals surface area contributed by atoms with Gasteiger partial charge in [-0.25, -0.2) is 9.97 Å². The molecule has 0 aliphatic rings. The quantitative estimate of drug-likeness (QED) is 0.676. The molecule has 0 saturated carbocycles. The van der Waals surface area contributed by atoms with Crippen LogP contribution < -0.4 is 14.8 Å². The number of carbonyl (C=O) groups is 1. The molecule has 0 radical (unpaired) electrons. The molecule has 0 aliphatic heterocycles. The molecule has 0 saturated heterocycles. The summed E-state index contributed by atoms with van der Waals surface area (Å²) in [4.78, 5) is 19.3. The number of carbonyl (C=O) groups excluding carboxylic acids is 1. The van der Waals surface area contributed by atoms with Crippen molar-refractivity contribution in [3.63, 3.8) is 0 Å². The lowest BCUT2D eigenvalue weighted by molar-refractivity contribution is 0.112. The van der Waals surface area contributed by atoms with Crippen LogP contribution in [0, 0.1) is 6.92 Å². The Morgan fingerprint density at radius 2 is 2.00 bits per heavy atom. The molecule has 110 valence electrons. The van der Waals surface area contributed by atoms with Gasteiger partial charge in [0.05, 0.1) is 25.5 Å². The summed E-state index contributed by atoms with van der Waals surface area (Å²) in [5.74, 6) is 2.00. The zero-order valence-corrected chi connectivity index (χ0v) is 12.6. The van der Waals surface area contributed by atoms with E-state index < -0.39 is 0 Å². The monoisotopic (exact) mass is 307 g/mol. The Hall–Kier alpha value is -2.34. The molecular weight excluding hydrogens is 294 g/mol. The van der Waals surface area contributed by atoms with Crippen molar-refractivity contribution >= 4 is 29.4 Å². The fourth-order valence-electron chi connectivity index (χ4n) is 1.78. The highest BCUT2D eigenvalue weighted by Gasteiger charge is 2.13. The molecule has 0 bridgehead atoms. The minimum Gasteiger partial charge on any atom is -0.497 e. The van der Waals surface area contributed by atoms with Gasteiger partial charge in [0.25, 0.3) is 0 Å². The molecule has 0 aliphatic carbocycles. The van der Waals surface area contributed by atoms with Crippen LogP contribution >= 0.6 is 11.6 Å². The third kappa shape index (κ3) is 3.22. The van der Waals surface area contributed by atoms with Gasteiger partial charge in [-0.2, -0.15) is 0 Å². The summed E-state index contributed by atoms with van der Waals surface area (Å²) in [6, 6.07) is 5.25. The van der Waals surface area contributed by atoms with Crippen LogP contribution in [0.5, 0.6) is 11.5 Å². The highest BCUT2D eigenvalue weighted by Crippen LogP contribution is 2.32. The summed E-state index contributed by atoms with van der Waals surface area (Å²) < 4.78 is 10.4. The Labute approximate surface area is 127 Å². The van der Waals surface area contributed by atoms with Crippen molar-refractivity contribution in [1.82, 2.24) is 9.97 Å². The van der Waals surface area contributed by atoms with Crippen LogP contribution in [-0.2, 0) is 0 Å². The molecule has 2 rings (SSSR count). The first-order valence-corrected chi connectivity index (χ1v) is 6.45. The zero-order chi connectivity index (χ0) is 15.4. The maximum Gasteiger partial charge on any atom is 0.156 e. The van der Waals surface area contributed by atoms with Gasteiger partial charge in [0.1, 0.15) is 28.3 Å². The van der Waals surface area contributed by atoms with Crippen molar-refractivity contribution in [2.45, 2.75) is 6.92 Å². The lowest BCUT2D eigenvalue weighted by Gasteiger charge is -2.13. The van der Waals surface area contributed by atoms with E-state index in [1.807, 2.05) is 0 Å². The predicted molar refractivity (Wildman–Crippen MR) is 80.0 cm³/mol. The smallest absolute Gasteiger partial charge is 0.156 e. The van der Waals surface area contributed by atoms with Crippen LogP contribution in [0.2, 0.25) is 5.15 Å². The number of hydrogen-bond acceptors (Lipinski definition) is 6. The van der Waals surface area contributed by atoms with Gasteiger partial charge in [-0.05, 0) is 19.1 Å². The third-order valence-electron chi connectivity index (χ3n) is 2.79. The summed E-state index contributed by atoms with van der Waals surface area (Å²) in [5.41, 5.74) is 0.829. The Morgan fingerprint density at radius 1 is 1.24 bits per heavy atom. The van der Waals surface area contributed by atoms with Gasteiger partial charge in [-0.3, -0.25) is 4.79 Å². The number of nitrogens with zero attached hydrogens (tertiary/aromatic N) is 2. The Bertz CT molecular complexity index is 677. The Balaban J connectivity index is 2.45. The van der Waals surface area contributed by atoms with Gasteiger partial charge in [0, 0.05) is 6.07 Å². The van der Waals surface area contributed by atoms with E-state index in [9.17, 15) is 4.79 Å². The van der Waals surface area contributed by atoms with Gasteiger partial charge >= 0.3 is 0 Å². The molecule has 7 heteroatoms. The largest absolute Gasteiger partial charge is 0.497 e. The second kappa shape index (κ2) is 6.41. The minimum absolute atomic E-state index is 0.104.